The Morgan fingerprint density at radius 3 is 2.26 bits per heavy atom. The number of carbonyl (C=O) groups is 4. The standard InChI is InChI=1S/C15H19N3O5/c1-9(19)17-8-10-2-4-11(5-3-10)14(21)18-12(15(22)23)6-7-13(16)20/h2-5,12H,6-8H2,1H3,(H2,16,20)(H,17,19)(H,18,21)(H,22,23). The molecule has 8 nitrogen and oxygen atoms in total. The van der Waals surface area contributed by atoms with Gasteiger partial charge in [-0.3, -0.25) is 14.4 Å². The minimum absolute atomic E-state index is 0.0724. The highest BCUT2D eigenvalue weighted by molar-refractivity contribution is 5.96. The Balaban J connectivity index is 2.66. The van der Waals surface area contributed by atoms with E-state index >= 15 is 0 Å². The van der Waals surface area contributed by atoms with Gasteiger partial charge in [-0.1, -0.05) is 12.1 Å². The van der Waals surface area contributed by atoms with Gasteiger partial charge in [0.2, 0.25) is 11.8 Å². The number of carboxylic acid groups (broad SMARTS) is 1. The average Bonchev–Trinajstić information content (AvgIpc) is 2.49. The molecule has 0 bridgehead atoms. The molecular formula is C15H19N3O5. The van der Waals surface area contributed by atoms with Crippen molar-refractivity contribution in [2.45, 2.75) is 32.4 Å². The first kappa shape index (κ1) is 18.1. The molecule has 3 amide bonds. The lowest BCUT2D eigenvalue weighted by molar-refractivity contribution is -0.139. The first-order valence-electron chi connectivity index (χ1n) is 6.95. The number of rotatable bonds is 8. The number of carboxylic acids is 1. The molecule has 0 aliphatic heterocycles. The summed E-state index contributed by atoms with van der Waals surface area (Å²) in [7, 11) is 0. The van der Waals surface area contributed by atoms with Gasteiger partial charge in [0.25, 0.3) is 5.91 Å². The summed E-state index contributed by atoms with van der Waals surface area (Å²) in [6.45, 7) is 1.74. The van der Waals surface area contributed by atoms with Crippen molar-refractivity contribution in [2.75, 3.05) is 0 Å². The molecule has 0 spiro atoms. The number of hydrogen-bond acceptors (Lipinski definition) is 4. The van der Waals surface area contributed by atoms with E-state index in [9.17, 15) is 19.2 Å². The van der Waals surface area contributed by atoms with E-state index in [2.05, 4.69) is 10.6 Å². The summed E-state index contributed by atoms with van der Waals surface area (Å²) >= 11 is 0. The molecule has 5 N–H and O–H groups in total. The number of nitrogens with two attached hydrogens (primary N) is 1. The van der Waals surface area contributed by atoms with Gasteiger partial charge in [-0.25, -0.2) is 4.79 Å². The van der Waals surface area contributed by atoms with Crippen LogP contribution in [0.5, 0.6) is 0 Å². The van der Waals surface area contributed by atoms with E-state index in [-0.39, 0.29) is 24.3 Å². The van der Waals surface area contributed by atoms with Gasteiger partial charge in [0.05, 0.1) is 0 Å². The molecule has 23 heavy (non-hydrogen) atoms. The van der Waals surface area contributed by atoms with E-state index in [1.165, 1.54) is 19.1 Å². The summed E-state index contributed by atoms with van der Waals surface area (Å²) in [5, 5.41) is 14.0. The van der Waals surface area contributed by atoms with E-state index in [0.717, 1.165) is 5.56 Å². The molecule has 124 valence electrons. The maximum absolute atomic E-state index is 12.0. The van der Waals surface area contributed by atoms with E-state index in [0.29, 0.717) is 6.54 Å². The molecule has 0 saturated heterocycles. The number of hydrogen-bond donors (Lipinski definition) is 4. The van der Waals surface area contributed by atoms with Crippen LogP contribution in [0.25, 0.3) is 0 Å². The molecule has 1 rings (SSSR count). The Kier molecular flexibility index (Phi) is 6.72. The minimum Gasteiger partial charge on any atom is -0.480 e. The van der Waals surface area contributed by atoms with E-state index < -0.39 is 23.8 Å². The second-order valence-electron chi connectivity index (χ2n) is 4.98. The zero-order chi connectivity index (χ0) is 17.4. The molecule has 0 aliphatic rings. The van der Waals surface area contributed by atoms with E-state index in [4.69, 9.17) is 10.8 Å². The number of amides is 3. The molecule has 0 aliphatic carbocycles. The molecule has 0 radical (unpaired) electrons. The largest absolute Gasteiger partial charge is 0.480 e. The van der Waals surface area contributed by atoms with Gasteiger partial charge in [0.15, 0.2) is 0 Å². The molecule has 1 atom stereocenters. The second-order valence-corrected chi connectivity index (χ2v) is 4.98. The maximum Gasteiger partial charge on any atom is 0.326 e. The summed E-state index contributed by atoms with van der Waals surface area (Å²) < 4.78 is 0. The van der Waals surface area contributed by atoms with E-state index in [1.54, 1.807) is 12.1 Å². The smallest absolute Gasteiger partial charge is 0.326 e. The molecule has 0 aromatic heterocycles. The van der Waals surface area contributed by atoms with Crippen molar-refractivity contribution >= 4 is 23.7 Å². The fourth-order valence-corrected chi connectivity index (χ4v) is 1.79. The first-order chi connectivity index (χ1) is 10.8. The van der Waals surface area contributed by atoms with Crippen LogP contribution in [0.3, 0.4) is 0 Å². The predicted octanol–water partition coefficient (Wildman–Crippen LogP) is -0.229. The topological polar surface area (TPSA) is 139 Å². The van der Waals surface area contributed by atoms with Crippen molar-refractivity contribution in [3.05, 3.63) is 35.4 Å². The molecule has 1 aromatic carbocycles. The van der Waals surface area contributed by atoms with Crippen LogP contribution in [0.15, 0.2) is 24.3 Å². The van der Waals surface area contributed by atoms with Crippen molar-refractivity contribution in [2.24, 2.45) is 5.73 Å². The third-order valence-electron chi connectivity index (χ3n) is 3.04. The van der Waals surface area contributed by atoms with Gasteiger partial charge in [-0.15, -0.1) is 0 Å². The summed E-state index contributed by atoms with van der Waals surface area (Å²) in [4.78, 5) is 44.6. The van der Waals surface area contributed by atoms with Crippen molar-refractivity contribution < 1.29 is 24.3 Å². The lowest BCUT2D eigenvalue weighted by atomic mass is 10.1. The van der Waals surface area contributed by atoms with Crippen molar-refractivity contribution in [3.63, 3.8) is 0 Å². The molecule has 1 aromatic rings. The molecule has 0 heterocycles. The van der Waals surface area contributed by atoms with Crippen LogP contribution >= 0.6 is 0 Å². The van der Waals surface area contributed by atoms with Crippen LogP contribution < -0.4 is 16.4 Å². The fourth-order valence-electron chi connectivity index (χ4n) is 1.79. The van der Waals surface area contributed by atoms with Crippen LogP contribution in [0.1, 0.15) is 35.7 Å². The van der Waals surface area contributed by atoms with Crippen LogP contribution in [0.4, 0.5) is 0 Å². The fraction of sp³-hybridized carbons (Fsp3) is 0.333. The Labute approximate surface area is 133 Å². The Bertz CT molecular complexity index is 598. The highest BCUT2D eigenvalue weighted by Crippen LogP contribution is 2.06. The van der Waals surface area contributed by atoms with Crippen molar-refractivity contribution in [3.8, 4) is 0 Å². The quantitative estimate of drug-likeness (QED) is 0.524. The molecular weight excluding hydrogens is 302 g/mol. The second kappa shape index (κ2) is 8.52. The van der Waals surface area contributed by atoms with E-state index in [1.807, 2.05) is 0 Å². The maximum atomic E-state index is 12.0. The van der Waals surface area contributed by atoms with Crippen molar-refractivity contribution in [1.29, 1.82) is 0 Å². The lowest BCUT2D eigenvalue weighted by Crippen LogP contribution is -2.41. The molecule has 0 saturated carbocycles. The molecule has 0 fully saturated rings. The Morgan fingerprint density at radius 1 is 1.17 bits per heavy atom. The minimum atomic E-state index is -1.23. The summed E-state index contributed by atoms with van der Waals surface area (Å²) in [5.41, 5.74) is 6.06. The molecule has 8 heteroatoms. The third kappa shape index (κ3) is 6.60. The van der Waals surface area contributed by atoms with Crippen LogP contribution in [-0.2, 0) is 20.9 Å². The summed E-state index contributed by atoms with van der Waals surface area (Å²) in [6.07, 6.45) is -0.204. The zero-order valence-corrected chi connectivity index (χ0v) is 12.7. The Morgan fingerprint density at radius 2 is 1.78 bits per heavy atom. The van der Waals surface area contributed by atoms with Crippen molar-refractivity contribution in [1.82, 2.24) is 10.6 Å². The normalized spacial score (nSPS) is 11.3. The van der Waals surface area contributed by atoms with Gasteiger partial charge < -0.3 is 21.5 Å². The lowest BCUT2D eigenvalue weighted by Gasteiger charge is -2.14. The monoisotopic (exact) mass is 321 g/mol. The van der Waals surface area contributed by atoms with Crippen LogP contribution in [0, 0.1) is 0 Å². The zero-order valence-electron chi connectivity index (χ0n) is 12.7. The Hall–Kier alpha value is -2.90. The number of nitrogens with one attached hydrogen (secondary N) is 2. The van der Waals surface area contributed by atoms with Gasteiger partial charge in [-0.2, -0.15) is 0 Å². The first-order valence-corrected chi connectivity index (χ1v) is 6.95. The number of carbonyl (C=O) groups excluding carboxylic acids is 3. The van der Waals surface area contributed by atoms with Crippen LogP contribution in [-0.4, -0.2) is 34.8 Å². The SMILES string of the molecule is CC(=O)NCc1ccc(C(=O)NC(CCC(N)=O)C(=O)O)cc1. The number of aliphatic carboxylic acids is 1. The predicted molar refractivity (Wildman–Crippen MR) is 81.3 cm³/mol. The highest BCUT2D eigenvalue weighted by Gasteiger charge is 2.21. The number of primary amides is 1. The van der Waals surface area contributed by atoms with Gasteiger partial charge in [0, 0.05) is 25.5 Å². The summed E-state index contributed by atoms with van der Waals surface area (Å²) in [6, 6.07) is 5.18. The van der Waals surface area contributed by atoms with Gasteiger partial charge in [-0.05, 0) is 24.1 Å². The number of benzene rings is 1. The average molecular weight is 321 g/mol. The third-order valence-corrected chi connectivity index (χ3v) is 3.04. The summed E-state index contributed by atoms with van der Waals surface area (Å²) in [5.74, 6) is -2.59. The van der Waals surface area contributed by atoms with Gasteiger partial charge in [0.1, 0.15) is 6.04 Å². The van der Waals surface area contributed by atoms with Gasteiger partial charge >= 0.3 is 5.97 Å². The van der Waals surface area contributed by atoms with Crippen LogP contribution in [0.2, 0.25) is 0 Å². The molecule has 1 unspecified atom stereocenters. The highest BCUT2D eigenvalue weighted by atomic mass is 16.4.